The fraction of sp³-hybridized carbons (Fsp3) is 0.118. The quantitative estimate of drug-likeness (QED) is 0.642. The van der Waals surface area contributed by atoms with Crippen molar-refractivity contribution in [1.82, 2.24) is 20.8 Å². The Morgan fingerprint density at radius 2 is 1.92 bits per heavy atom. The number of hydrazine groups is 1. The highest BCUT2D eigenvalue weighted by molar-refractivity contribution is 6.01. The van der Waals surface area contributed by atoms with E-state index in [2.05, 4.69) is 20.8 Å². The Kier molecular flexibility index (Phi) is 4.15. The summed E-state index contributed by atoms with van der Waals surface area (Å²) in [5.74, 6) is -0.160. The Hall–Kier alpha value is -3.35. The zero-order chi connectivity index (χ0) is 17.1. The molecule has 2 amide bonds. The Balaban J connectivity index is 1.79. The van der Waals surface area contributed by atoms with E-state index in [9.17, 15) is 9.59 Å². The third-order valence-corrected chi connectivity index (χ3v) is 3.59. The molecule has 0 unspecified atom stereocenters. The van der Waals surface area contributed by atoms with Crippen molar-refractivity contribution in [3.8, 4) is 5.75 Å². The molecule has 2 aromatic heterocycles. The molecule has 0 fully saturated rings. The number of amides is 2. The fourth-order valence-electron chi connectivity index (χ4n) is 2.32. The lowest BCUT2D eigenvalue weighted by atomic mass is 10.1. The Morgan fingerprint density at radius 1 is 1.12 bits per heavy atom. The third-order valence-electron chi connectivity index (χ3n) is 3.59. The van der Waals surface area contributed by atoms with Crippen LogP contribution in [0.2, 0.25) is 0 Å². The minimum absolute atomic E-state index is 0.357. The topological polar surface area (TPSA) is 96.1 Å². The largest absolute Gasteiger partial charge is 0.497 e. The van der Waals surface area contributed by atoms with E-state index in [0.717, 1.165) is 10.9 Å². The van der Waals surface area contributed by atoms with Crippen molar-refractivity contribution in [2.24, 2.45) is 0 Å². The van der Waals surface area contributed by atoms with Gasteiger partial charge < -0.3 is 9.72 Å². The van der Waals surface area contributed by atoms with Gasteiger partial charge in [-0.25, -0.2) is 0 Å². The van der Waals surface area contributed by atoms with E-state index >= 15 is 0 Å². The van der Waals surface area contributed by atoms with Crippen LogP contribution in [0, 0.1) is 6.92 Å². The predicted molar refractivity (Wildman–Crippen MR) is 88.8 cm³/mol. The van der Waals surface area contributed by atoms with Gasteiger partial charge in [-0.05, 0) is 37.3 Å². The van der Waals surface area contributed by atoms with Crippen molar-refractivity contribution in [2.75, 3.05) is 7.11 Å². The van der Waals surface area contributed by atoms with Crippen LogP contribution >= 0.6 is 0 Å². The Bertz CT molecular complexity index is 904. The molecule has 2 heterocycles. The van der Waals surface area contributed by atoms with Gasteiger partial charge in [0.2, 0.25) is 0 Å². The first-order valence-electron chi connectivity index (χ1n) is 7.28. The molecule has 0 aliphatic rings. The second-order valence-electron chi connectivity index (χ2n) is 5.17. The van der Waals surface area contributed by atoms with Gasteiger partial charge in [0.05, 0.1) is 23.9 Å². The number of aryl methyl sites for hydroxylation is 1. The summed E-state index contributed by atoms with van der Waals surface area (Å²) in [6.45, 7) is 1.74. The number of ether oxygens (including phenoxy) is 1. The lowest BCUT2D eigenvalue weighted by molar-refractivity contribution is 0.0844. The van der Waals surface area contributed by atoms with Crippen LogP contribution in [0.3, 0.4) is 0 Å². The van der Waals surface area contributed by atoms with Crippen molar-refractivity contribution in [3.63, 3.8) is 0 Å². The summed E-state index contributed by atoms with van der Waals surface area (Å²) in [4.78, 5) is 31.3. The molecule has 0 saturated carbocycles. The summed E-state index contributed by atoms with van der Waals surface area (Å²) in [5.41, 5.74) is 6.79. The van der Waals surface area contributed by atoms with E-state index in [4.69, 9.17) is 4.74 Å². The maximum atomic E-state index is 12.3. The smallest absolute Gasteiger partial charge is 0.286 e. The monoisotopic (exact) mass is 324 g/mol. The third kappa shape index (κ3) is 3.05. The highest BCUT2D eigenvalue weighted by Gasteiger charge is 2.14. The van der Waals surface area contributed by atoms with E-state index in [0.29, 0.717) is 22.7 Å². The number of aromatic amines is 1. The first-order chi connectivity index (χ1) is 11.6. The van der Waals surface area contributed by atoms with Crippen molar-refractivity contribution in [2.45, 2.75) is 6.92 Å². The number of nitrogens with one attached hydrogen (secondary N) is 3. The standard InChI is InChI=1S/C17H16N4O3/c1-10-13(8-11-5-6-12(24-2)9-15(11)19-10)16(22)20-21-17(23)14-4-3-7-18-14/h3-9,18H,1-2H3,(H,20,22)(H,21,23). The SMILES string of the molecule is COc1ccc2cc(C(=O)NNC(=O)c3ccc[nH]3)c(C)nc2c1. The summed E-state index contributed by atoms with van der Waals surface area (Å²) in [6, 6.07) is 10.5. The molecule has 0 atom stereocenters. The molecule has 7 heteroatoms. The summed E-state index contributed by atoms with van der Waals surface area (Å²) in [6.07, 6.45) is 1.63. The molecule has 3 N–H and O–H groups in total. The summed E-state index contributed by atoms with van der Waals surface area (Å²) in [7, 11) is 1.59. The number of carbonyl (C=O) groups excluding carboxylic acids is 2. The van der Waals surface area contributed by atoms with Crippen LogP contribution in [0.15, 0.2) is 42.6 Å². The number of methoxy groups -OCH3 is 1. The van der Waals surface area contributed by atoms with Crippen LogP contribution in [-0.2, 0) is 0 Å². The summed E-state index contributed by atoms with van der Waals surface area (Å²) >= 11 is 0. The summed E-state index contributed by atoms with van der Waals surface area (Å²) < 4.78 is 5.17. The zero-order valence-electron chi connectivity index (χ0n) is 13.2. The molecule has 7 nitrogen and oxygen atoms in total. The number of pyridine rings is 1. The van der Waals surface area contributed by atoms with Gasteiger partial charge >= 0.3 is 0 Å². The number of rotatable bonds is 3. The number of aromatic nitrogens is 2. The van der Waals surface area contributed by atoms with E-state index in [1.807, 2.05) is 6.07 Å². The lowest BCUT2D eigenvalue weighted by Crippen LogP contribution is -2.42. The number of hydrogen-bond donors (Lipinski definition) is 3. The molecular formula is C17H16N4O3. The van der Waals surface area contributed by atoms with Crippen molar-refractivity contribution < 1.29 is 14.3 Å². The van der Waals surface area contributed by atoms with Crippen LogP contribution in [-0.4, -0.2) is 28.9 Å². The molecule has 0 aliphatic carbocycles. The molecule has 3 rings (SSSR count). The van der Waals surface area contributed by atoms with Gasteiger partial charge in [-0.3, -0.25) is 25.4 Å². The van der Waals surface area contributed by atoms with Crippen LogP contribution in [0.1, 0.15) is 26.5 Å². The van der Waals surface area contributed by atoms with Gasteiger partial charge in [0.25, 0.3) is 11.8 Å². The number of benzene rings is 1. The van der Waals surface area contributed by atoms with E-state index < -0.39 is 11.8 Å². The number of H-pyrrole nitrogens is 1. The van der Waals surface area contributed by atoms with Crippen LogP contribution in [0.25, 0.3) is 10.9 Å². The number of hydrogen-bond acceptors (Lipinski definition) is 4. The molecule has 0 radical (unpaired) electrons. The minimum Gasteiger partial charge on any atom is -0.497 e. The van der Waals surface area contributed by atoms with Crippen LogP contribution in [0.4, 0.5) is 0 Å². The maximum Gasteiger partial charge on any atom is 0.286 e. The second kappa shape index (κ2) is 6.41. The van der Waals surface area contributed by atoms with Crippen LogP contribution < -0.4 is 15.6 Å². The normalized spacial score (nSPS) is 10.4. The molecular weight excluding hydrogens is 308 g/mol. The molecule has 0 bridgehead atoms. The Morgan fingerprint density at radius 3 is 2.62 bits per heavy atom. The van der Waals surface area contributed by atoms with Gasteiger partial charge in [0, 0.05) is 17.6 Å². The first-order valence-corrected chi connectivity index (χ1v) is 7.28. The van der Waals surface area contributed by atoms with E-state index in [1.54, 1.807) is 50.6 Å². The number of fused-ring (bicyclic) bond motifs is 1. The fourth-order valence-corrected chi connectivity index (χ4v) is 2.32. The lowest BCUT2D eigenvalue weighted by Gasteiger charge is -2.10. The Labute approximate surface area is 138 Å². The first kappa shape index (κ1) is 15.5. The molecule has 1 aromatic carbocycles. The highest BCUT2D eigenvalue weighted by Crippen LogP contribution is 2.21. The zero-order valence-corrected chi connectivity index (χ0v) is 13.2. The van der Waals surface area contributed by atoms with Crippen molar-refractivity contribution in [3.05, 3.63) is 59.5 Å². The predicted octanol–water partition coefficient (Wildman–Crippen LogP) is 1.95. The molecule has 0 saturated heterocycles. The van der Waals surface area contributed by atoms with Gasteiger partial charge in [0.15, 0.2) is 0 Å². The van der Waals surface area contributed by atoms with E-state index in [-0.39, 0.29) is 0 Å². The van der Waals surface area contributed by atoms with Gasteiger partial charge in [0.1, 0.15) is 11.4 Å². The maximum absolute atomic E-state index is 12.3. The van der Waals surface area contributed by atoms with Crippen molar-refractivity contribution >= 4 is 22.7 Å². The van der Waals surface area contributed by atoms with Gasteiger partial charge in [-0.2, -0.15) is 0 Å². The molecule has 0 aliphatic heterocycles. The average Bonchev–Trinajstić information content (AvgIpc) is 3.12. The molecule has 24 heavy (non-hydrogen) atoms. The molecule has 122 valence electrons. The summed E-state index contributed by atoms with van der Waals surface area (Å²) in [5, 5.41) is 0.808. The minimum atomic E-state index is -0.433. The van der Waals surface area contributed by atoms with Gasteiger partial charge in [-0.1, -0.05) is 0 Å². The van der Waals surface area contributed by atoms with E-state index in [1.165, 1.54) is 0 Å². The molecule has 0 spiro atoms. The molecule has 3 aromatic rings. The second-order valence-corrected chi connectivity index (χ2v) is 5.17. The highest BCUT2D eigenvalue weighted by atomic mass is 16.5. The van der Waals surface area contributed by atoms with Gasteiger partial charge in [-0.15, -0.1) is 0 Å². The number of carbonyl (C=O) groups is 2. The van der Waals surface area contributed by atoms with Crippen LogP contribution in [0.5, 0.6) is 5.75 Å². The van der Waals surface area contributed by atoms with Crippen molar-refractivity contribution in [1.29, 1.82) is 0 Å². The number of nitrogens with zero attached hydrogens (tertiary/aromatic N) is 1. The average molecular weight is 324 g/mol.